The third-order valence-electron chi connectivity index (χ3n) is 5.75. The zero-order valence-electron chi connectivity index (χ0n) is 18.5. The summed E-state index contributed by atoms with van der Waals surface area (Å²) in [5.41, 5.74) is 2.08. The number of rotatable bonds is 7. The van der Waals surface area contributed by atoms with Gasteiger partial charge in [-0.3, -0.25) is 4.79 Å². The molecular formula is C25H27N3O4S. The monoisotopic (exact) mass is 465 g/mol. The van der Waals surface area contributed by atoms with Crippen LogP contribution in [0.3, 0.4) is 0 Å². The van der Waals surface area contributed by atoms with Crippen molar-refractivity contribution >= 4 is 21.6 Å². The molecule has 3 aromatic rings. The molecule has 0 spiro atoms. The molecule has 0 bridgehead atoms. The first-order valence-corrected chi connectivity index (χ1v) is 12.3. The lowest BCUT2D eigenvalue weighted by molar-refractivity contribution is -0.917. The number of nitrogens with one attached hydrogen (secondary N) is 1. The summed E-state index contributed by atoms with van der Waals surface area (Å²) in [4.78, 5) is 16.2. The van der Waals surface area contributed by atoms with Gasteiger partial charge in [-0.05, 0) is 36.4 Å². The summed E-state index contributed by atoms with van der Waals surface area (Å²) in [6.07, 6.45) is 0. The Hall–Kier alpha value is -3.36. The van der Waals surface area contributed by atoms with Crippen molar-refractivity contribution in [2.75, 3.05) is 33.3 Å². The molecule has 1 N–H and O–H groups in total. The second kappa shape index (κ2) is 10.1. The summed E-state index contributed by atoms with van der Waals surface area (Å²) in [7, 11) is -2.34. The van der Waals surface area contributed by atoms with Crippen LogP contribution >= 0.6 is 0 Å². The van der Waals surface area contributed by atoms with Crippen LogP contribution in [0.1, 0.15) is 15.9 Å². The van der Waals surface area contributed by atoms with Gasteiger partial charge in [-0.25, -0.2) is 8.42 Å². The predicted octanol–water partition coefficient (Wildman–Crippen LogP) is 2.63. The maximum absolute atomic E-state index is 12.9. The summed E-state index contributed by atoms with van der Waals surface area (Å²) < 4.78 is 34.2. The zero-order chi connectivity index (χ0) is 23.3. The van der Waals surface area contributed by atoms with Gasteiger partial charge in [-0.15, -0.1) is 5.69 Å². The van der Waals surface area contributed by atoms with Gasteiger partial charge in [-0.2, -0.15) is 0 Å². The fraction of sp³-hybridized carbons (Fsp3) is 0.240. The van der Waals surface area contributed by atoms with Gasteiger partial charge in [0.25, 0.3) is 5.91 Å². The molecule has 0 saturated carbocycles. The summed E-state index contributed by atoms with van der Waals surface area (Å²) >= 11 is 0. The molecule has 1 aliphatic rings. The van der Waals surface area contributed by atoms with Crippen molar-refractivity contribution in [3.63, 3.8) is 0 Å². The first-order valence-electron chi connectivity index (χ1n) is 10.8. The molecule has 3 aromatic carbocycles. The molecule has 8 heteroatoms. The molecule has 0 radical (unpaired) electrons. The highest BCUT2D eigenvalue weighted by Crippen LogP contribution is 2.29. The largest absolute Gasteiger partial charge is 0.573 e. The molecule has 172 valence electrons. The standard InChI is InChI=1S/C25H26N3O4S/c1-32-23-11-9-22(10-12-23)26-33(30,31)24-13-7-21(8-14-24)25(29)28-17-15-27(16-18-28)19-20-5-3-2-4-6-20/h2-14H,15-19H2,1H3/q-1/p+1. The number of ether oxygens (including phenoxy) is 1. The molecule has 4 rings (SSSR count). The van der Waals surface area contributed by atoms with Crippen molar-refractivity contribution in [3.05, 3.63) is 94.7 Å². The SMILES string of the molecule is COc1ccc([N-]S(=O)(=O)c2ccc(C(=O)N3CC[NH+](Cc4ccccc4)CC3)cc2)cc1. The number of hydrogen-bond acceptors (Lipinski definition) is 4. The number of benzene rings is 3. The molecule has 0 atom stereocenters. The third kappa shape index (κ3) is 5.71. The Balaban J connectivity index is 1.35. The fourth-order valence-electron chi connectivity index (χ4n) is 3.87. The van der Waals surface area contributed by atoms with E-state index in [1.807, 2.05) is 23.1 Å². The average Bonchev–Trinajstić information content (AvgIpc) is 2.85. The van der Waals surface area contributed by atoms with Crippen molar-refractivity contribution in [1.29, 1.82) is 0 Å². The fourth-order valence-corrected chi connectivity index (χ4v) is 4.86. The van der Waals surface area contributed by atoms with E-state index < -0.39 is 10.0 Å². The van der Waals surface area contributed by atoms with Gasteiger partial charge in [-0.1, -0.05) is 42.5 Å². The molecule has 0 aliphatic carbocycles. The van der Waals surface area contributed by atoms with Gasteiger partial charge in [0, 0.05) is 11.1 Å². The smallest absolute Gasteiger partial charge is 0.254 e. The van der Waals surface area contributed by atoms with Crippen LogP contribution in [0, 0.1) is 0 Å². The zero-order valence-corrected chi connectivity index (χ0v) is 19.3. The van der Waals surface area contributed by atoms with Gasteiger partial charge in [0.15, 0.2) is 0 Å². The van der Waals surface area contributed by atoms with E-state index in [9.17, 15) is 13.2 Å². The van der Waals surface area contributed by atoms with Crippen LogP contribution < -0.4 is 9.64 Å². The Labute approximate surface area is 194 Å². The molecule has 0 unspecified atom stereocenters. The molecule has 33 heavy (non-hydrogen) atoms. The molecule has 1 heterocycles. The minimum absolute atomic E-state index is 0.0481. The minimum Gasteiger partial charge on any atom is -0.573 e. The topological polar surface area (TPSA) is 82.2 Å². The van der Waals surface area contributed by atoms with Crippen LogP contribution in [0.25, 0.3) is 4.72 Å². The maximum Gasteiger partial charge on any atom is 0.254 e. The van der Waals surface area contributed by atoms with Crippen LogP contribution in [-0.2, 0) is 16.6 Å². The van der Waals surface area contributed by atoms with E-state index in [0.29, 0.717) is 30.1 Å². The molecular weight excluding hydrogens is 438 g/mol. The molecule has 1 amide bonds. The number of hydrogen-bond donors (Lipinski definition) is 1. The number of amides is 1. The normalized spacial score (nSPS) is 14.6. The predicted molar refractivity (Wildman–Crippen MR) is 126 cm³/mol. The summed E-state index contributed by atoms with van der Waals surface area (Å²) in [6.45, 7) is 4.07. The number of quaternary nitrogens is 1. The second-order valence-corrected chi connectivity index (χ2v) is 9.60. The van der Waals surface area contributed by atoms with E-state index >= 15 is 0 Å². The second-order valence-electron chi connectivity index (χ2n) is 7.99. The van der Waals surface area contributed by atoms with Crippen LogP contribution in [-0.4, -0.2) is 52.5 Å². The molecule has 1 aliphatic heterocycles. The highest BCUT2D eigenvalue weighted by molar-refractivity contribution is 7.94. The van der Waals surface area contributed by atoms with E-state index in [1.165, 1.54) is 29.7 Å². The van der Waals surface area contributed by atoms with Gasteiger partial charge in [0.05, 0.1) is 38.2 Å². The quantitative estimate of drug-likeness (QED) is 0.582. The van der Waals surface area contributed by atoms with E-state index in [1.54, 1.807) is 36.4 Å². The highest BCUT2D eigenvalue weighted by Gasteiger charge is 2.24. The lowest BCUT2D eigenvalue weighted by Gasteiger charge is -2.32. The number of methoxy groups -OCH3 is 1. The first kappa shape index (κ1) is 22.8. The Morgan fingerprint density at radius 2 is 1.58 bits per heavy atom. The van der Waals surface area contributed by atoms with Crippen LogP contribution in [0.2, 0.25) is 0 Å². The number of sulfonamides is 1. The Morgan fingerprint density at radius 3 is 2.18 bits per heavy atom. The van der Waals surface area contributed by atoms with E-state index in [-0.39, 0.29) is 10.8 Å². The minimum atomic E-state index is -3.88. The van der Waals surface area contributed by atoms with Crippen molar-refractivity contribution in [2.24, 2.45) is 0 Å². The number of piperazine rings is 1. The third-order valence-corrected chi connectivity index (χ3v) is 7.07. The highest BCUT2D eigenvalue weighted by atomic mass is 32.2. The van der Waals surface area contributed by atoms with Crippen molar-refractivity contribution < 1.29 is 22.8 Å². The van der Waals surface area contributed by atoms with Crippen LogP contribution in [0.5, 0.6) is 5.75 Å². The molecule has 7 nitrogen and oxygen atoms in total. The van der Waals surface area contributed by atoms with E-state index in [0.717, 1.165) is 19.6 Å². The maximum atomic E-state index is 12.9. The van der Waals surface area contributed by atoms with E-state index in [2.05, 4.69) is 16.9 Å². The Kier molecular flexibility index (Phi) is 6.96. The van der Waals surface area contributed by atoms with Crippen molar-refractivity contribution in [3.8, 4) is 5.75 Å². The molecule has 1 fully saturated rings. The van der Waals surface area contributed by atoms with E-state index in [4.69, 9.17) is 4.74 Å². The van der Waals surface area contributed by atoms with Crippen LogP contribution in [0.4, 0.5) is 5.69 Å². The summed E-state index contributed by atoms with van der Waals surface area (Å²) in [5.74, 6) is 0.543. The summed E-state index contributed by atoms with van der Waals surface area (Å²) in [6, 6.07) is 22.8. The van der Waals surface area contributed by atoms with Crippen molar-refractivity contribution in [2.45, 2.75) is 11.4 Å². The van der Waals surface area contributed by atoms with Gasteiger partial charge >= 0.3 is 0 Å². The van der Waals surface area contributed by atoms with Gasteiger partial charge in [0.2, 0.25) is 0 Å². The first-order chi connectivity index (χ1) is 15.9. The van der Waals surface area contributed by atoms with Gasteiger partial charge < -0.3 is 19.3 Å². The molecule has 1 saturated heterocycles. The van der Waals surface area contributed by atoms with Crippen LogP contribution in [0.15, 0.2) is 83.8 Å². The number of carbonyl (C=O) groups excluding carboxylic acids is 1. The average molecular weight is 466 g/mol. The lowest BCUT2D eigenvalue weighted by atomic mass is 10.1. The number of carbonyl (C=O) groups is 1. The number of nitrogens with zero attached hydrogens (tertiary/aromatic N) is 2. The van der Waals surface area contributed by atoms with Gasteiger partial charge in [0.1, 0.15) is 22.3 Å². The lowest BCUT2D eigenvalue weighted by Crippen LogP contribution is -3.13. The summed E-state index contributed by atoms with van der Waals surface area (Å²) in [5, 5.41) is 0. The van der Waals surface area contributed by atoms with Crippen molar-refractivity contribution in [1.82, 2.24) is 4.90 Å². The molecule has 0 aromatic heterocycles. The Morgan fingerprint density at radius 1 is 0.939 bits per heavy atom. The Bertz CT molecular complexity index is 1170.